The molecule has 0 aliphatic carbocycles. The summed E-state index contributed by atoms with van der Waals surface area (Å²) in [4.78, 5) is 14.7. The molecule has 1 aromatic carbocycles. The number of likely N-dealkylation sites (tertiary alicyclic amines) is 1. The average molecular weight is 364 g/mol. The molecule has 1 amide bonds. The zero-order valence-electron chi connectivity index (χ0n) is 14.1. The Morgan fingerprint density at radius 2 is 1.88 bits per heavy atom. The number of hydrogen-bond acceptors (Lipinski definition) is 3. The second-order valence-electron chi connectivity index (χ2n) is 7.02. The number of fused-ring (bicyclic) bond motifs is 1. The molecular weight excluding hydrogens is 345 g/mol. The number of aromatic nitrogens is 3. The molecule has 2 aliphatic rings. The number of benzene rings is 1. The Hall–Kier alpha value is -2.38. The maximum atomic E-state index is 12.8. The van der Waals surface area contributed by atoms with Gasteiger partial charge >= 0.3 is 6.18 Å². The molecule has 0 radical (unpaired) electrons. The fourth-order valence-electron chi connectivity index (χ4n) is 3.89. The Kier molecular flexibility index (Phi) is 4.20. The van der Waals surface area contributed by atoms with Gasteiger partial charge in [-0.05, 0) is 30.5 Å². The molecule has 26 heavy (non-hydrogen) atoms. The highest BCUT2D eigenvalue weighted by Crippen LogP contribution is 2.33. The molecule has 0 N–H and O–H groups in total. The average Bonchev–Trinajstić information content (AvgIpc) is 3.29. The Labute approximate surface area is 148 Å². The van der Waals surface area contributed by atoms with Gasteiger partial charge < -0.3 is 9.47 Å². The summed E-state index contributed by atoms with van der Waals surface area (Å²) in [5.41, 5.74) is 0.218. The molecule has 138 valence electrons. The normalized spacial score (nSPS) is 23.1. The van der Waals surface area contributed by atoms with Crippen LogP contribution in [0.4, 0.5) is 13.2 Å². The first-order valence-corrected chi connectivity index (χ1v) is 8.74. The van der Waals surface area contributed by atoms with Gasteiger partial charge in [0.25, 0.3) is 0 Å². The summed E-state index contributed by atoms with van der Waals surface area (Å²) in [6.45, 7) is 1.95. The van der Waals surface area contributed by atoms with Crippen molar-refractivity contribution in [2.75, 3.05) is 13.1 Å². The molecule has 2 aliphatic heterocycles. The first kappa shape index (κ1) is 17.1. The van der Waals surface area contributed by atoms with Crippen LogP contribution in [-0.2, 0) is 23.9 Å². The van der Waals surface area contributed by atoms with Gasteiger partial charge in [0.1, 0.15) is 12.2 Å². The molecule has 1 fully saturated rings. The molecule has 1 aromatic heterocycles. The topological polar surface area (TPSA) is 51.0 Å². The van der Waals surface area contributed by atoms with E-state index >= 15 is 0 Å². The van der Waals surface area contributed by atoms with Crippen molar-refractivity contribution in [3.63, 3.8) is 0 Å². The fourth-order valence-corrected chi connectivity index (χ4v) is 3.89. The summed E-state index contributed by atoms with van der Waals surface area (Å²) in [5, 5.41) is 7.94. The third kappa shape index (κ3) is 3.20. The number of alkyl halides is 3. The van der Waals surface area contributed by atoms with Crippen LogP contribution in [0.1, 0.15) is 35.7 Å². The van der Waals surface area contributed by atoms with Gasteiger partial charge in [0, 0.05) is 37.9 Å². The first-order chi connectivity index (χ1) is 12.4. The maximum Gasteiger partial charge on any atom is 0.416 e. The van der Waals surface area contributed by atoms with Gasteiger partial charge in [0.2, 0.25) is 5.91 Å². The summed E-state index contributed by atoms with van der Waals surface area (Å²) in [6.07, 6.45) is -0.490. The summed E-state index contributed by atoms with van der Waals surface area (Å²) in [7, 11) is 0. The molecule has 4 rings (SSSR count). The van der Waals surface area contributed by atoms with E-state index in [4.69, 9.17) is 0 Å². The number of hydrogen-bond donors (Lipinski definition) is 0. The number of amides is 1. The van der Waals surface area contributed by atoms with Gasteiger partial charge in [-0.25, -0.2) is 0 Å². The Morgan fingerprint density at radius 3 is 2.62 bits per heavy atom. The summed E-state index contributed by atoms with van der Waals surface area (Å²) in [6, 6.07) is 5.30. The smallest absolute Gasteiger partial charge is 0.342 e. The molecule has 8 heteroatoms. The van der Waals surface area contributed by atoms with Crippen LogP contribution in [0, 0.1) is 5.92 Å². The first-order valence-electron chi connectivity index (χ1n) is 8.74. The van der Waals surface area contributed by atoms with Crippen LogP contribution in [0.2, 0.25) is 0 Å². The van der Waals surface area contributed by atoms with Crippen LogP contribution < -0.4 is 0 Å². The molecule has 0 spiro atoms. The number of carbonyl (C=O) groups excluding carboxylic acids is 1. The lowest BCUT2D eigenvalue weighted by molar-refractivity contribution is -0.137. The molecule has 1 saturated heterocycles. The lowest BCUT2D eigenvalue weighted by Gasteiger charge is -2.26. The Balaban J connectivity index is 1.40. The van der Waals surface area contributed by atoms with Crippen molar-refractivity contribution in [2.45, 2.75) is 37.9 Å². The van der Waals surface area contributed by atoms with Gasteiger partial charge in [-0.3, -0.25) is 4.79 Å². The highest BCUT2D eigenvalue weighted by molar-refractivity contribution is 5.79. The van der Waals surface area contributed by atoms with Crippen molar-refractivity contribution in [2.24, 2.45) is 5.92 Å². The predicted octanol–water partition coefficient (Wildman–Crippen LogP) is 2.88. The van der Waals surface area contributed by atoms with Crippen LogP contribution in [0.5, 0.6) is 0 Å². The van der Waals surface area contributed by atoms with E-state index in [1.807, 2.05) is 9.47 Å². The molecule has 3 heterocycles. The number of rotatable bonds is 2. The number of carbonyl (C=O) groups is 1. The van der Waals surface area contributed by atoms with Crippen molar-refractivity contribution in [1.82, 2.24) is 19.7 Å². The second kappa shape index (κ2) is 6.41. The van der Waals surface area contributed by atoms with Crippen molar-refractivity contribution in [1.29, 1.82) is 0 Å². The summed E-state index contributed by atoms with van der Waals surface area (Å²) in [5.74, 6) is 0.966. The standard InChI is InChI=1S/C18H19F3N4O/c19-18(20,21)15-3-1-12(2-4-15)14-6-7-24(10-14)17(26)13-5-8-25-11-22-23-16(25)9-13/h1-4,11,13-14H,5-10H2. The molecule has 0 saturated carbocycles. The Morgan fingerprint density at radius 1 is 1.12 bits per heavy atom. The monoisotopic (exact) mass is 364 g/mol. The minimum Gasteiger partial charge on any atom is -0.342 e. The van der Waals surface area contributed by atoms with Crippen molar-refractivity contribution in [3.05, 3.63) is 47.5 Å². The minimum absolute atomic E-state index is 0.0851. The summed E-state index contributed by atoms with van der Waals surface area (Å²) < 4.78 is 40.0. The van der Waals surface area contributed by atoms with Crippen molar-refractivity contribution >= 4 is 5.91 Å². The van der Waals surface area contributed by atoms with Crippen LogP contribution in [0.15, 0.2) is 30.6 Å². The molecule has 2 atom stereocenters. The van der Waals surface area contributed by atoms with E-state index in [9.17, 15) is 18.0 Å². The molecular formula is C18H19F3N4O. The number of nitrogens with zero attached hydrogens (tertiary/aromatic N) is 4. The van der Waals surface area contributed by atoms with E-state index in [-0.39, 0.29) is 17.7 Å². The zero-order valence-corrected chi connectivity index (χ0v) is 14.1. The third-order valence-electron chi connectivity index (χ3n) is 5.40. The van der Waals surface area contributed by atoms with Gasteiger partial charge in [0.15, 0.2) is 0 Å². The van der Waals surface area contributed by atoms with Crippen molar-refractivity contribution < 1.29 is 18.0 Å². The molecule has 2 aromatic rings. The lowest BCUT2D eigenvalue weighted by Crippen LogP contribution is -2.37. The SMILES string of the molecule is O=C(C1CCn2cnnc2C1)N1CCC(c2ccc(C(F)(F)F)cc2)C1. The predicted molar refractivity (Wildman–Crippen MR) is 87.2 cm³/mol. The highest BCUT2D eigenvalue weighted by atomic mass is 19.4. The van der Waals surface area contributed by atoms with E-state index in [1.54, 1.807) is 6.33 Å². The van der Waals surface area contributed by atoms with Gasteiger partial charge in [0.05, 0.1) is 5.56 Å². The second-order valence-corrected chi connectivity index (χ2v) is 7.02. The van der Waals surface area contributed by atoms with E-state index in [2.05, 4.69) is 10.2 Å². The number of aryl methyl sites for hydroxylation is 1. The highest BCUT2D eigenvalue weighted by Gasteiger charge is 2.34. The molecule has 5 nitrogen and oxygen atoms in total. The van der Waals surface area contributed by atoms with Crippen LogP contribution in [0.25, 0.3) is 0 Å². The lowest BCUT2D eigenvalue weighted by atomic mass is 9.95. The Bertz CT molecular complexity index is 800. The molecule has 2 unspecified atom stereocenters. The maximum absolute atomic E-state index is 12.8. The van der Waals surface area contributed by atoms with Crippen LogP contribution >= 0.6 is 0 Å². The van der Waals surface area contributed by atoms with E-state index in [1.165, 1.54) is 12.1 Å². The van der Waals surface area contributed by atoms with Gasteiger partial charge in [-0.15, -0.1) is 10.2 Å². The van der Waals surface area contributed by atoms with E-state index in [0.29, 0.717) is 19.5 Å². The molecule has 0 bridgehead atoms. The zero-order chi connectivity index (χ0) is 18.3. The summed E-state index contributed by atoms with van der Waals surface area (Å²) >= 11 is 0. The fraction of sp³-hybridized carbons (Fsp3) is 0.500. The van der Waals surface area contributed by atoms with Gasteiger partial charge in [-0.1, -0.05) is 12.1 Å². The quantitative estimate of drug-likeness (QED) is 0.823. The van der Waals surface area contributed by atoms with E-state index < -0.39 is 11.7 Å². The minimum atomic E-state index is -4.32. The number of halogens is 3. The van der Waals surface area contributed by atoms with Crippen molar-refractivity contribution in [3.8, 4) is 0 Å². The van der Waals surface area contributed by atoms with Crippen LogP contribution in [0.3, 0.4) is 0 Å². The third-order valence-corrected chi connectivity index (χ3v) is 5.40. The largest absolute Gasteiger partial charge is 0.416 e. The van der Waals surface area contributed by atoms with Gasteiger partial charge in [-0.2, -0.15) is 13.2 Å². The van der Waals surface area contributed by atoms with E-state index in [0.717, 1.165) is 42.9 Å². The van der Waals surface area contributed by atoms with Crippen LogP contribution in [-0.4, -0.2) is 38.7 Å².